The molecule has 130 valence electrons. The molecule has 4 rings (SSSR count). The van der Waals surface area contributed by atoms with Gasteiger partial charge in [-0.05, 0) is 6.92 Å². The number of hydrogen-bond acceptors (Lipinski definition) is 7. The fourth-order valence-corrected chi connectivity index (χ4v) is 4.31. The zero-order chi connectivity index (χ0) is 17.4. The van der Waals surface area contributed by atoms with E-state index in [1.165, 1.54) is 11.3 Å². The molecular formula is C16H17N5O2S2. The van der Waals surface area contributed by atoms with Crippen LogP contribution in [-0.4, -0.2) is 50.3 Å². The lowest BCUT2D eigenvalue weighted by Gasteiger charge is -2.31. The van der Waals surface area contributed by atoms with E-state index in [1.54, 1.807) is 27.1 Å². The standard InChI is InChI=1S/C16H17N5O2S2/c1-10-8-24-15(18-10)13-7-21(3-4-23-13)16(22)12-9-25-14(19-12)11-5-17-20(2)6-11/h5-6,8-9,13H,3-4,7H2,1-2H3. The fourth-order valence-electron chi connectivity index (χ4n) is 2.70. The van der Waals surface area contributed by atoms with Gasteiger partial charge in [-0.2, -0.15) is 5.10 Å². The maximum Gasteiger partial charge on any atom is 0.273 e. The lowest BCUT2D eigenvalue weighted by atomic mass is 10.2. The van der Waals surface area contributed by atoms with E-state index >= 15 is 0 Å². The predicted octanol–water partition coefficient (Wildman–Crippen LogP) is 2.52. The molecule has 1 amide bonds. The molecule has 1 aliphatic heterocycles. The van der Waals surface area contributed by atoms with E-state index in [4.69, 9.17) is 4.74 Å². The molecule has 4 heterocycles. The van der Waals surface area contributed by atoms with Crippen LogP contribution in [0, 0.1) is 6.92 Å². The minimum absolute atomic E-state index is 0.0621. The molecule has 3 aromatic heterocycles. The normalized spacial score (nSPS) is 17.8. The van der Waals surface area contributed by atoms with Crippen LogP contribution in [-0.2, 0) is 11.8 Å². The van der Waals surface area contributed by atoms with Crippen molar-refractivity contribution >= 4 is 28.6 Å². The molecule has 3 aromatic rings. The first-order chi connectivity index (χ1) is 12.1. The van der Waals surface area contributed by atoms with Crippen LogP contribution in [0.3, 0.4) is 0 Å². The first kappa shape index (κ1) is 16.4. The van der Waals surface area contributed by atoms with Gasteiger partial charge in [0, 0.05) is 41.8 Å². The number of aryl methyl sites for hydroxylation is 2. The Hall–Kier alpha value is -2.10. The number of ether oxygens (including phenoxy) is 1. The number of rotatable bonds is 3. The van der Waals surface area contributed by atoms with E-state index in [2.05, 4.69) is 15.1 Å². The van der Waals surface area contributed by atoms with Gasteiger partial charge in [0.25, 0.3) is 5.91 Å². The number of morpholine rings is 1. The molecule has 0 radical (unpaired) electrons. The van der Waals surface area contributed by atoms with E-state index in [-0.39, 0.29) is 12.0 Å². The summed E-state index contributed by atoms with van der Waals surface area (Å²) in [7, 11) is 1.86. The summed E-state index contributed by atoms with van der Waals surface area (Å²) >= 11 is 3.03. The number of thiazole rings is 2. The van der Waals surface area contributed by atoms with Crippen molar-refractivity contribution < 1.29 is 9.53 Å². The molecule has 7 nitrogen and oxygen atoms in total. The molecule has 0 aromatic carbocycles. The van der Waals surface area contributed by atoms with Crippen LogP contribution in [0.25, 0.3) is 10.6 Å². The van der Waals surface area contributed by atoms with Crippen molar-refractivity contribution in [3.8, 4) is 10.6 Å². The molecular weight excluding hydrogens is 358 g/mol. The number of aromatic nitrogens is 4. The Kier molecular flexibility index (Phi) is 4.36. The van der Waals surface area contributed by atoms with Gasteiger partial charge in [-0.15, -0.1) is 22.7 Å². The summed E-state index contributed by atoms with van der Waals surface area (Å²) in [6.45, 7) is 3.54. The summed E-state index contributed by atoms with van der Waals surface area (Å²) in [5.41, 5.74) is 2.37. The Bertz CT molecular complexity index is 900. The highest BCUT2D eigenvalue weighted by Gasteiger charge is 2.29. The molecule has 1 saturated heterocycles. The van der Waals surface area contributed by atoms with Gasteiger partial charge in [0.1, 0.15) is 21.8 Å². The highest BCUT2D eigenvalue weighted by atomic mass is 32.1. The van der Waals surface area contributed by atoms with Crippen molar-refractivity contribution in [3.63, 3.8) is 0 Å². The SMILES string of the molecule is Cc1csc(C2CN(C(=O)c3csc(-c4cnn(C)c4)n3)CCO2)n1. The van der Waals surface area contributed by atoms with Gasteiger partial charge in [0.15, 0.2) is 0 Å². The third-order valence-corrected chi connectivity index (χ3v) is 5.89. The molecule has 1 unspecified atom stereocenters. The monoisotopic (exact) mass is 375 g/mol. The summed E-state index contributed by atoms with van der Waals surface area (Å²) in [6, 6.07) is 0. The molecule has 9 heteroatoms. The highest BCUT2D eigenvalue weighted by molar-refractivity contribution is 7.13. The molecule has 1 atom stereocenters. The van der Waals surface area contributed by atoms with Crippen molar-refractivity contribution in [3.05, 3.63) is 39.5 Å². The van der Waals surface area contributed by atoms with E-state index in [9.17, 15) is 4.79 Å². The third kappa shape index (κ3) is 3.35. The summed E-state index contributed by atoms with van der Waals surface area (Å²) in [4.78, 5) is 23.6. The van der Waals surface area contributed by atoms with Crippen molar-refractivity contribution in [1.82, 2.24) is 24.6 Å². The van der Waals surface area contributed by atoms with Crippen LogP contribution >= 0.6 is 22.7 Å². The Balaban J connectivity index is 1.49. The summed E-state index contributed by atoms with van der Waals surface area (Å²) in [5, 5.41) is 9.68. The molecule has 25 heavy (non-hydrogen) atoms. The lowest BCUT2D eigenvalue weighted by molar-refractivity contribution is -0.0230. The third-order valence-electron chi connectivity index (χ3n) is 3.94. The molecule has 0 N–H and O–H groups in total. The van der Waals surface area contributed by atoms with Gasteiger partial charge >= 0.3 is 0 Å². The average Bonchev–Trinajstić information content (AvgIpc) is 3.34. The van der Waals surface area contributed by atoms with Gasteiger partial charge in [-0.25, -0.2) is 9.97 Å². The second-order valence-electron chi connectivity index (χ2n) is 5.88. The van der Waals surface area contributed by atoms with Crippen LogP contribution in [0.4, 0.5) is 0 Å². The Labute approximate surface area is 152 Å². The van der Waals surface area contributed by atoms with E-state index in [1.807, 2.05) is 30.9 Å². The zero-order valence-corrected chi connectivity index (χ0v) is 15.5. The van der Waals surface area contributed by atoms with Crippen LogP contribution in [0.2, 0.25) is 0 Å². The Morgan fingerprint density at radius 1 is 1.32 bits per heavy atom. The second-order valence-corrected chi connectivity index (χ2v) is 7.63. The predicted molar refractivity (Wildman–Crippen MR) is 95.8 cm³/mol. The molecule has 1 fully saturated rings. The molecule has 0 spiro atoms. The number of hydrogen-bond donors (Lipinski definition) is 0. The minimum atomic E-state index is -0.159. The average molecular weight is 375 g/mol. The van der Waals surface area contributed by atoms with Crippen molar-refractivity contribution in [2.45, 2.75) is 13.0 Å². The van der Waals surface area contributed by atoms with Crippen molar-refractivity contribution in [2.24, 2.45) is 7.05 Å². The molecule has 0 bridgehead atoms. The van der Waals surface area contributed by atoms with Crippen molar-refractivity contribution in [1.29, 1.82) is 0 Å². The quantitative estimate of drug-likeness (QED) is 0.703. The molecule has 1 aliphatic rings. The first-order valence-corrected chi connectivity index (χ1v) is 9.63. The van der Waals surface area contributed by atoms with Gasteiger partial charge < -0.3 is 9.64 Å². The second kappa shape index (κ2) is 6.66. The maximum absolute atomic E-state index is 12.8. The van der Waals surface area contributed by atoms with Gasteiger partial charge in [0.05, 0.1) is 19.3 Å². The summed E-state index contributed by atoms with van der Waals surface area (Å²) in [5.74, 6) is -0.0621. The fraction of sp³-hybridized carbons (Fsp3) is 0.375. The number of carbonyl (C=O) groups is 1. The van der Waals surface area contributed by atoms with Crippen molar-refractivity contribution in [2.75, 3.05) is 19.7 Å². The van der Waals surface area contributed by atoms with Gasteiger partial charge in [-0.3, -0.25) is 9.48 Å². The largest absolute Gasteiger partial charge is 0.367 e. The number of nitrogens with zero attached hydrogens (tertiary/aromatic N) is 5. The van der Waals surface area contributed by atoms with E-state index in [0.717, 1.165) is 21.3 Å². The van der Waals surface area contributed by atoms with E-state index < -0.39 is 0 Å². The van der Waals surface area contributed by atoms with E-state index in [0.29, 0.717) is 25.4 Å². The van der Waals surface area contributed by atoms with Gasteiger partial charge in [-0.1, -0.05) is 0 Å². The summed E-state index contributed by atoms with van der Waals surface area (Å²) in [6.07, 6.45) is 3.48. The van der Waals surface area contributed by atoms with Crippen LogP contribution in [0.1, 0.15) is 27.3 Å². The smallest absolute Gasteiger partial charge is 0.273 e. The Morgan fingerprint density at radius 3 is 2.92 bits per heavy atom. The highest BCUT2D eigenvalue weighted by Crippen LogP contribution is 2.27. The maximum atomic E-state index is 12.8. The zero-order valence-electron chi connectivity index (χ0n) is 13.9. The van der Waals surface area contributed by atoms with Crippen LogP contribution in [0.15, 0.2) is 23.2 Å². The van der Waals surface area contributed by atoms with Crippen LogP contribution < -0.4 is 0 Å². The molecule has 0 saturated carbocycles. The summed E-state index contributed by atoms with van der Waals surface area (Å²) < 4.78 is 7.52. The minimum Gasteiger partial charge on any atom is -0.367 e. The number of carbonyl (C=O) groups excluding carboxylic acids is 1. The Morgan fingerprint density at radius 2 is 2.20 bits per heavy atom. The first-order valence-electron chi connectivity index (χ1n) is 7.87. The lowest BCUT2D eigenvalue weighted by Crippen LogP contribution is -2.42. The topological polar surface area (TPSA) is 73.1 Å². The molecule has 0 aliphatic carbocycles. The van der Waals surface area contributed by atoms with Gasteiger partial charge in [0.2, 0.25) is 0 Å². The number of amides is 1. The van der Waals surface area contributed by atoms with Crippen LogP contribution in [0.5, 0.6) is 0 Å².